The van der Waals surface area contributed by atoms with E-state index in [-0.39, 0.29) is 30.0 Å². The van der Waals surface area contributed by atoms with Gasteiger partial charge in [0.2, 0.25) is 0 Å². The highest BCUT2D eigenvalue weighted by atomic mass is 32.1. The van der Waals surface area contributed by atoms with Gasteiger partial charge in [-0.3, -0.25) is 24.5 Å². The molecule has 0 fully saturated rings. The lowest BCUT2D eigenvalue weighted by molar-refractivity contribution is -0.384. The number of carbonyl (C=O) groups excluding carboxylic acids is 3. The summed E-state index contributed by atoms with van der Waals surface area (Å²) in [6.07, 6.45) is -0.127. The largest absolute Gasteiger partial charge is 0.456 e. The molecule has 0 saturated heterocycles. The fourth-order valence-electron chi connectivity index (χ4n) is 2.52. The molecule has 0 spiro atoms. The minimum Gasteiger partial charge on any atom is -0.456 e. The second-order valence-corrected chi connectivity index (χ2v) is 7.68. The number of amides is 1. The maximum absolute atomic E-state index is 12.2. The molecule has 0 saturated carbocycles. The van der Waals surface area contributed by atoms with Gasteiger partial charge in [0, 0.05) is 33.9 Å². The number of benzene rings is 1. The maximum atomic E-state index is 12.2. The molecule has 2 rings (SSSR count). The van der Waals surface area contributed by atoms with Gasteiger partial charge in [0.1, 0.15) is 0 Å². The highest BCUT2D eigenvalue weighted by Crippen LogP contribution is 2.23. The number of thiophene rings is 1. The minimum atomic E-state index is -0.663. The van der Waals surface area contributed by atoms with Crippen LogP contribution in [0.4, 0.5) is 11.4 Å². The first-order valence-corrected chi connectivity index (χ1v) is 9.29. The van der Waals surface area contributed by atoms with Crippen LogP contribution in [0, 0.1) is 30.9 Å². The van der Waals surface area contributed by atoms with Crippen molar-refractivity contribution in [2.75, 3.05) is 11.9 Å². The van der Waals surface area contributed by atoms with Gasteiger partial charge in [-0.05, 0) is 32.4 Å². The van der Waals surface area contributed by atoms with Crippen molar-refractivity contribution in [2.24, 2.45) is 0 Å². The van der Waals surface area contributed by atoms with Crippen LogP contribution in [0.15, 0.2) is 24.3 Å². The quantitative estimate of drug-likeness (QED) is 0.310. The van der Waals surface area contributed by atoms with E-state index >= 15 is 0 Å². The molecule has 1 heterocycles. The summed E-state index contributed by atoms with van der Waals surface area (Å²) in [6, 6.07) is 5.87. The van der Waals surface area contributed by atoms with Gasteiger partial charge in [0.05, 0.1) is 17.0 Å². The molecule has 0 aliphatic rings. The molecule has 1 aromatic heterocycles. The van der Waals surface area contributed by atoms with Crippen molar-refractivity contribution in [3.8, 4) is 0 Å². The van der Waals surface area contributed by atoms with Crippen molar-refractivity contribution >= 4 is 40.4 Å². The van der Waals surface area contributed by atoms with Crippen LogP contribution in [0.1, 0.15) is 38.5 Å². The Hall–Kier alpha value is -3.07. The van der Waals surface area contributed by atoms with Crippen LogP contribution in [0.5, 0.6) is 0 Å². The molecular formula is C19H20N2O6S. The molecule has 0 radical (unpaired) electrons. The highest BCUT2D eigenvalue weighted by molar-refractivity contribution is 7.12. The SMILES string of the molecule is Cc1cc(C(=O)CCC(=O)OCC(=O)Nc2cc([N+](=O)[O-])ccc2C)c(C)s1. The van der Waals surface area contributed by atoms with Gasteiger partial charge < -0.3 is 10.1 Å². The van der Waals surface area contributed by atoms with Crippen LogP contribution in [0.2, 0.25) is 0 Å². The van der Waals surface area contributed by atoms with Gasteiger partial charge in [-0.2, -0.15) is 0 Å². The van der Waals surface area contributed by atoms with Crippen LogP contribution in [-0.4, -0.2) is 29.2 Å². The molecule has 2 aromatic rings. The van der Waals surface area contributed by atoms with Crippen LogP contribution in [0.25, 0.3) is 0 Å². The summed E-state index contributed by atoms with van der Waals surface area (Å²) in [5, 5.41) is 13.3. The third kappa shape index (κ3) is 5.71. The number of anilines is 1. The van der Waals surface area contributed by atoms with Gasteiger partial charge in [-0.1, -0.05) is 6.07 Å². The number of nitro benzene ring substituents is 1. The van der Waals surface area contributed by atoms with E-state index in [4.69, 9.17) is 4.74 Å². The number of ketones is 1. The van der Waals surface area contributed by atoms with E-state index in [0.29, 0.717) is 11.1 Å². The van der Waals surface area contributed by atoms with Gasteiger partial charge >= 0.3 is 5.97 Å². The summed E-state index contributed by atoms with van der Waals surface area (Å²) in [6.45, 7) is 4.91. The first kappa shape index (κ1) is 21.2. The summed E-state index contributed by atoms with van der Waals surface area (Å²) in [5.74, 6) is -1.42. The molecular weight excluding hydrogens is 384 g/mol. The minimum absolute atomic E-state index is 0.00144. The molecule has 1 amide bonds. The zero-order valence-corrected chi connectivity index (χ0v) is 16.6. The number of aryl methyl sites for hydroxylation is 3. The fourth-order valence-corrected chi connectivity index (χ4v) is 3.46. The number of rotatable bonds is 8. The van der Waals surface area contributed by atoms with Crippen molar-refractivity contribution in [1.82, 2.24) is 0 Å². The lowest BCUT2D eigenvalue weighted by Crippen LogP contribution is -2.21. The zero-order valence-electron chi connectivity index (χ0n) is 15.7. The Morgan fingerprint density at radius 1 is 1.14 bits per heavy atom. The van der Waals surface area contributed by atoms with Crippen molar-refractivity contribution in [2.45, 2.75) is 33.6 Å². The number of Topliss-reactive ketones (excluding diaryl/α,β-unsaturated/α-hetero) is 1. The Bertz CT molecular complexity index is 935. The van der Waals surface area contributed by atoms with E-state index in [1.54, 1.807) is 13.0 Å². The first-order valence-electron chi connectivity index (χ1n) is 8.48. The fraction of sp³-hybridized carbons (Fsp3) is 0.316. The average molecular weight is 404 g/mol. The molecule has 0 aliphatic heterocycles. The monoisotopic (exact) mass is 404 g/mol. The number of esters is 1. The number of nitrogens with zero attached hydrogens (tertiary/aromatic N) is 1. The summed E-state index contributed by atoms with van der Waals surface area (Å²) in [5.41, 5.74) is 1.36. The lowest BCUT2D eigenvalue weighted by Gasteiger charge is -2.09. The normalized spacial score (nSPS) is 10.4. The number of ether oxygens (including phenoxy) is 1. The van der Waals surface area contributed by atoms with E-state index in [0.717, 1.165) is 9.75 Å². The number of non-ortho nitro benzene ring substituents is 1. The Kier molecular flexibility index (Phi) is 7.00. The van der Waals surface area contributed by atoms with E-state index in [2.05, 4.69) is 5.32 Å². The smallest absolute Gasteiger partial charge is 0.306 e. The van der Waals surface area contributed by atoms with Gasteiger partial charge in [0.15, 0.2) is 12.4 Å². The Labute approximate surface area is 165 Å². The molecule has 0 unspecified atom stereocenters. The Balaban J connectivity index is 1.82. The molecule has 28 heavy (non-hydrogen) atoms. The number of hydrogen-bond acceptors (Lipinski definition) is 7. The second-order valence-electron chi connectivity index (χ2n) is 6.22. The average Bonchev–Trinajstić information content (AvgIpc) is 2.97. The number of hydrogen-bond donors (Lipinski definition) is 1. The van der Waals surface area contributed by atoms with Crippen LogP contribution in [-0.2, 0) is 14.3 Å². The molecule has 0 atom stereocenters. The summed E-state index contributed by atoms with van der Waals surface area (Å²) in [7, 11) is 0. The Morgan fingerprint density at radius 2 is 1.86 bits per heavy atom. The van der Waals surface area contributed by atoms with E-state index in [1.807, 2.05) is 13.8 Å². The summed E-state index contributed by atoms with van der Waals surface area (Å²) >= 11 is 1.52. The summed E-state index contributed by atoms with van der Waals surface area (Å²) < 4.78 is 4.88. The molecule has 0 aliphatic carbocycles. The van der Waals surface area contributed by atoms with Gasteiger partial charge in [0.25, 0.3) is 11.6 Å². The number of nitrogens with one attached hydrogen (secondary N) is 1. The highest BCUT2D eigenvalue weighted by Gasteiger charge is 2.16. The standard InChI is InChI=1S/C19H20N2O6S/c1-11-4-5-14(21(25)26)9-16(11)20-18(23)10-27-19(24)7-6-17(22)15-8-12(2)28-13(15)3/h4-5,8-9H,6-7,10H2,1-3H3,(H,20,23). The third-order valence-electron chi connectivity index (χ3n) is 3.97. The molecule has 8 nitrogen and oxygen atoms in total. The zero-order chi connectivity index (χ0) is 20.8. The Morgan fingerprint density at radius 3 is 2.46 bits per heavy atom. The van der Waals surface area contributed by atoms with E-state index in [1.165, 1.54) is 29.5 Å². The van der Waals surface area contributed by atoms with Crippen molar-refractivity contribution < 1.29 is 24.0 Å². The maximum Gasteiger partial charge on any atom is 0.306 e. The van der Waals surface area contributed by atoms with E-state index < -0.39 is 23.4 Å². The first-order chi connectivity index (χ1) is 13.2. The molecule has 9 heteroatoms. The molecule has 1 N–H and O–H groups in total. The summed E-state index contributed by atoms with van der Waals surface area (Å²) in [4.78, 5) is 48.1. The predicted molar refractivity (Wildman–Crippen MR) is 105 cm³/mol. The van der Waals surface area contributed by atoms with Crippen molar-refractivity contribution in [1.29, 1.82) is 0 Å². The molecule has 148 valence electrons. The van der Waals surface area contributed by atoms with Crippen LogP contribution < -0.4 is 5.32 Å². The van der Waals surface area contributed by atoms with Gasteiger partial charge in [-0.15, -0.1) is 11.3 Å². The molecule has 1 aromatic carbocycles. The second kappa shape index (κ2) is 9.23. The van der Waals surface area contributed by atoms with Crippen molar-refractivity contribution in [3.63, 3.8) is 0 Å². The van der Waals surface area contributed by atoms with Crippen LogP contribution in [0.3, 0.4) is 0 Å². The third-order valence-corrected chi connectivity index (χ3v) is 4.93. The van der Waals surface area contributed by atoms with Crippen LogP contribution >= 0.6 is 11.3 Å². The number of nitro groups is 1. The molecule has 0 bridgehead atoms. The number of carbonyl (C=O) groups is 3. The topological polar surface area (TPSA) is 116 Å². The van der Waals surface area contributed by atoms with Crippen molar-refractivity contribution in [3.05, 3.63) is 55.3 Å². The lowest BCUT2D eigenvalue weighted by atomic mass is 10.1. The predicted octanol–water partition coefficient (Wildman–Crippen LogP) is 3.73. The van der Waals surface area contributed by atoms with Gasteiger partial charge in [-0.25, -0.2) is 0 Å². The van der Waals surface area contributed by atoms with E-state index in [9.17, 15) is 24.5 Å².